The fourth-order valence-corrected chi connectivity index (χ4v) is 6.06. The number of rotatable bonds is 8. The van der Waals surface area contributed by atoms with Gasteiger partial charge in [-0.15, -0.1) is 0 Å². The molecule has 3 aromatic rings. The number of hydrogen-bond donors (Lipinski definition) is 1. The first-order valence-electron chi connectivity index (χ1n) is 13.2. The predicted molar refractivity (Wildman–Crippen MR) is 143 cm³/mol. The molecule has 190 valence electrons. The molecule has 2 fully saturated rings. The third-order valence-electron chi connectivity index (χ3n) is 8.29. The number of methoxy groups -OCH3 is 1. The summed E-state index contributed by atoms with van der Waals surface area (Å²) in [5.74, 6) is 1.78. The number of pyridine rings is 1. The number of likely N-dealkylation sites (tertiary alicyclic amines) is 1. The van der Waals surface area contributed by atoms with Gasteiger partial charge in [0.2, 0.25) is 0 Å². The predicted octanol–water partition coefficient (Wildman–Crippen LogP) is 6.07. The molecule has 0 unspecified atom stereocenters. The fraction of sp³-hybridized carbons (Fsp3) is 0.452. The van der Waals surface area contributed by atoms with Gasteiger partial charge in [0, 0.05) is 43.4 Å². The third kappa shape index (κ3) is 5.00. The van der Waals surface area contributed by atoms with Crippen LogP contribution in [0.3, 0.4) is 0 Å². The Morgan fingerprint density at radius 1 is 1.08 bits per heavy atom. The Hall–Kier alpha value is -2.89. The largest absolute Gasteiger partial charge is 0.493 e. The third-order valence-corrected chi connectivity index (χ3v) is 8.29. The maximum atomic E-state index is 11.0. The van der Waals surface area contributed by atoms with Crippen molar-refractivity contribution >= 4 is 0 Å². The van der Waals surface area contributed by atoms with Crippen LogP contribution in [0.15, 0.2) is 67.0 Å². The number of aliphatic hydroxyl groups excluding tert-OH is 1. The molecule has 1 saturated carbocycles. The summed E-state index contributed by atoms with van der Waals surface area (Å²) in [5, 5.41) is 11.0. The minimum atomic E-state index is -0.438. The number of benzene rings is 2. The van der Waals surface area contributed by atoms with E-state index in [-0.39, 0.29) is 17.4 Å². The van der Waals surface area contributed by atoms with Gasteiger partial charge in [0.15, 0.2) is 11.5 Å². The highest BCUT2D eigenvalue weighted by Crippen LogP contribution is 2.48. The van der Waals surface area contributed by atoms with Crippen molar-refractivity contribution in [2.75, 3.05) is 20.2 Å². The van der Waals surface area contributed by atoms with Gasteiger partial charge in [0.05, 0.1) is 19.3 Å². The SMILES string of the molecule is COc1ccc(-c2ccccc2[C@@H]2CN(Cc3cccnc3)C[C@@]2(C)[C@@H](C)O)cc1OC1CCCC1. The summed E-state index contributed by atoms with van der Waals surface area (Å²) in [6, 6.07) is 19.0. The van der Waals surface area contributed by atoms with Crippen LogP contribution in [0, 0.1) is 5.41 Å². The van der Waals surface area contributed by atoms with E-state index in [4.69, 9.17) is 9.47 Å². The van der Waals surface area contributed by atoms with Crippen LogP contribution < -0.4 is 9.47 Å². The molecule has 1 aromatic heterocycles. The maximum absolute atomic E-state index is 11.0. The van der Waals surface area contributed by atoms with Crippen LogP contribution in [0.4, 0.5) is 0 Å². The number of hydrogen-bond acceptors (Lipinski definition) is 5. The van der Waals surface area contributed by atoms with Crippen molar-refractivity contribution in [3.63, 3.8) is 0 Å². The normalized spacial score (nSPS) is 23.6. The first kappa shape index (κ1) is 24.8. The number of nitrogens with zero attached hydrogens (tertiary/aromatic N) is 2. The van der Waals surface area contributed by atoms with Gasteiger partial charge in [-0.05, 0) is 73.1 Å². The standard InChI is InChI=1S/C31H38N2O3/c1-22(34)31(2)21-33(19-23-9-8-16-32-18-23)20-28(31)27-13-7-6-12-26(27)24-14-15-29(35-3)30(17-24)36-25-10-4-5-11-25/h6-9,12-18,22,25,28,34H,4-5,10-11,19-21H2,1-3H3/t22-,28+,31+/m1/s1. The molecule has 1 aliphatic heterocycles. The Morgan fingerprint density at radius 3 is 2.61 bits per heavy atom. The highest BCUT2D eigenvalue weighted by atomic mass is 16.5. The first-order valence-corrected chi connectivity index (χ1v) is 13.2. The van der Waals surface area contributed by atoms with Gasteiger partial charge < -0.3 is 14.6 Å². The van der Waals surface area contributed by atoms with E-state index in [1.807, 2.05) is 31.5 Å². The van der Waals surface area contributed by atoms with Crippen LogP contribution >= 0.6 is 0 Å². The lowest BCUT2D eigenvalue weighted by molar-refractivity contribution is 0.0476. The van der Waals surface area contributed by atoms with E-state index >= 15 is 0 Å². The van der Waals surface area contributed by atoms with E-state index in [1.165, 1.54) is 29.5 Å². The van der Waals surface area contributed by atoms with E-state index in [2.05, 4.69) is 59.3 Å². The molecule has 1 saturated heterocycles. The lowest BCUT2D eigenvalue weighted by Gasteiger charge is -2.35. The molecule has 5 heteroatoms. The highest BCUT2D eigenvalue weighted by Gasteiger charge is 2.47. The summed E-state index contributed by atoms with van der Waals surface area (Å²) in [7, 11) is 1.70. The monoisotopic (exact) mass is 486 g/mol. The van der Waals surface area contributed by atoms with Crippen molar-refractivity contribution in [1.29, 1.82) is 0 Å². The van der Waals surface area contributed by atoms with Crippen LogP contribution in [0.25, 0.3) is 11.1 Å². The van der Waals surface area contributed by atoms with Crippen molar-refractivity contribution in [3.8, 4) is 22.6 Å². The maximum Gasteiger partial charge on any atom is 0.162 e. The summed E-state index contributed by atoms with van der Waals surface area (Å²) in [4.78, 5) is 6.74. The minimum absolute atomic E-state index is 0.187. The molecule has 2 aliphatic rings. The molecule has 0 spiro atoms. The van der Waals surface area contributed by atoms with Crippen molar-refractivity contribution in [1.82, 2.24) is 9.88 Å². The van der Waals surface area contributed by atoms with E-state index in [0.29, 0.717) is 0 Å². The Bertz CT molecular complexity index is 1160. The fourth-order valence-electron chi connectivity index (χ4n) is 6.06. The van der Waals surface area contributed by atoms with Gasteiger partial charge in [-0.3, -0.25) is 9.88 Å². The Labute approximate surface area is 215 Å². The van der Waals surface area contributed by atoms with E-state index in [9.17, 15) is 5.11 Å². The van der Waals surface area contributed by atoms with Crippen molar-refractivity contribution in [2.45, 2.75) is 64.2 Å². The van der Waals surface area contributed by atoms with Crippen LogP contribution in [-0.2, 0) is 6.54 Å². The van der Waals surface area contributed by atoms with E-state index < -0.39 is 6.10 Å². The van der Waals surface area contributed by atoms with Crippen molar-refractivity contribution in [3.05, 3.63) is 78.1 Å². The van der Waals surface area contributed by atoms with Crippen molar-refractivity contribution in [2.24, 2.45) is 5.41 Å². The summed E-state index contributed by atoms with van der Waals surface area (Å²) in [5.41, 5.74) is 4.51. The van der Waals surface area contributed by atoms with E-state index in [1.54, 1.807) is 7.11 Å². The van der Waals surface area contributed by atoms with Gasteiger partial charge in [-0.2, -0.15) is 0 Å². The topological polar surface area (TPSA) is 54.8 Å². The molecule has 5 nitrogen and oxygen atoms in total. The molecule has 36 heavy (non-hydrogen) atoms. The molecule has 3 atom stereocenters. The summed E-state index contributed by atoms with van der Waals surface area (Å²) in [6.45, 7) is 6.71. The molecular weight excluding hydrogens is 448 g/mol. The van der Waals surface area contributed by atoms with Crippen molar-refractivity contribution < 1.29 is 14.6 Å². The highest BCUT2D eigenvalue weighted by molar-refractivity contribution is 5.71. The number of aliphatic hydroxyl groups is 1. The lowest BCUT2D eigenvalue weighted by Crippen LogP contribution is -2.37. The molecule has 0 amide bonds. The Morgan fingerprint density at radius 2 is 1.89 bits per heavy atom. The van der Waals surface area contributed by atoms with Gasteiger partial charge >= 0.3 is 0 Å². The quantitative estimate of drug-likeness (QED) is 0.419. The van der Waals surface area contributed by atoms with Crippen LogP contribution in [-0.4, -0.2) is 47.4 Å². The zero-order valence-electron chi connectivity index (χ0n) is 21.7. The van der Waals surface area contributed by atoms with Gasteiger partial charge in [-0.1, -0.05) is 43.3 Å². The Balaban J connectivity index is 1.49. The molecule has 2 aromatic carbocycles. The molecular formula is C31H38N2O3. The minimum Gasteiger partial charge on any atom is -0.493 e. The Kier molecular flexibility index (Phi) is 7.31. The summed E-state index contributed by atoms with van der Waals surface area (Å²) < 4.78 is 12.1. The van der Waals surface area contributed by atoms with Gasteiger partial charge in [0.25, 0.3) is 0 Å². The zero-order chi connectivity index (χ0) is 25.1. The average molecular weight is 487 g/mol. The second-order valence-electron chi connectivity index (χ2n) is 10.7. The first-order chi connectivity index (χ1) is 17.5. The number of aromatic nitrogens is 1. The van der Waals surface area contributed by atoms with Crippen LogP contribution in [0.2, 0.25) is 0 Å². The lowest BCUT2D eigenvalue weighted by atomic mass is 9.71. The zero-order valence-corrected chi connectivity index (χ0v) is 21.7. The summed E-state index contributed by atoms with van der Waals surface area (Å²) in [6.07, 6.45) is 8.23. The van der Waals surface area contributed by atoms with Gasteiger partial charge in [-0.25, -0.2) is 0 Å². The molecule has 1 aliphatic carbocycles. The molecule has 2 heterocycles. The summed E-state index contributed by atoms with van der Waals surface area (Å²) >= 11 is 0. The molecule has 5 rings (SSSR count). The smallest absolute Gasteiger partial charge is 0.162 e. The molecule has 0 bridgehead atoms. The van der Waals surface area contributed by atoms with E-state index in [0.717, 1.165) is 49.5 Å². The molecule has 0 radical (unpaired) electrons. The second kappa shape index (κ2) is 10.6. The van der Waals surface area contributed by atoms with Crippen LogP contribution in [0.5, 0.6) is 11.5 Å². The average Bonchev–Trinajstić information content (AvgIpc) is 3.52. The van der Waals surface area contributed by atoms with Gasteiger partial charge in [0.1, 0.15) is 0 Å². The number of ether oxygens (including phenoxy) is 2. The van der Waals surface area contributed by atoms with Crippen LogP contribution in [0.1, 0.15) is 56.6 Å². The second-order valence-corrected chi connectivity index (χ2v) is 10.7. The molecule has 1 N–H and O–H groups in total.